The number of anilines is 1. The molecule has 2 fully saturated rings. The van der Waals surface area contributed by atoms with Crippen LogP contribution < -0.4 is 10.6 Å². The molecule has 2 aliphatic rings. The topological polar surface area (TPSA) is 41.1 Å². The highest BCUT2D eigenvalue weighted by Crippen LogP contribution is 2.44. The minimum atomic E-state index is 0.117. The molecule has 0 heterocycles. The van der Waals surface area contributed by atoms with Crippen molar-refractivity contribution in [2.45, 2.75) is 31.7 Å². The van der Waals surface area contributed by atoms with Gasteiger partial charge in [-0.05, 0) is 61.8 Å². The van der Waals surface area contributed by atoms with Crippen molar-refractivity contribution in [3.8, 4) is 0 Å². The third-order valence-corrected chi connectivity index (χ3v) is 4.41. The van der Waals surface area contributed by atoms with Crippen LogP contribution in [0.5, 0.6) is 0 Å². The van der Waals surface area contributed by atoms with E-state index in [1.54, 1.807) is 0 Å². The number of carbonyl (C=O) groups is 1. The van der Waals surface area contributed by atoms with Gasteiger partial charge in [-0.2, -0.15) is 0 Å². The zero-order valence-electron chi connectivity index (χ0n) is 10.9. The van der Waals surface area contributed by atoms with E-state index >= 15 is 0 Å². The SMILES string of the molecule is O=C(CNc1ccc(Br)cc1)NC(C1CC1)C1CC1. The summed E-state index contributed by atoms with van der Waals surface area (Å²) in [6, 6.07) is 8.32. The first kappa shape index (κ1) is 13.0. The maximum absolute atomic E-state index is 12.0. The largest absolute Gasteiger partial charge is 0.376 e. The van der Waals surface area contributed by atoms with E-state index in [-0.39, 0.29) is 5.91 Å². The molecule has 0 aliphatic heterocycles. The van der Waals surface area contributed by atoms with Gasteiger partial charge in [0, 0.05) is 16.2 Å². The second-order valence-electron chi connectivity index (χ2n) is 5.63. The Hall–Kier alpha value is -1.03. The van der Waals surface area contributed by atoms with Crippen LogP contribution >= 0.6 is 15.9 Å². The standard InChI is InChI=1S/C15H19BrN2O/c16-12-5-7-13(8-6-12)17-9-14(19)18-15(10-1-2-10)11-3-4-11/h5-8,10-11,15,17H,1-4,9H2,(H,18,19). The van der Waals surface area contributed by atoms with Crippen molar-refractivity contribution >= 4 is 27.5 Å². The maximum atomic E-state index is 12.0. The number of amides is 1. The maximum Gasteiger partial charge on any atom is 0.239 e. The molecule has 4 heteroatoms. The van der Waals surface area contributed by atoms with Gasteiger partial charge < -0.3 is 10.6 Å². The molecule has 2 N–H and O–H groups in total. The lowest BCUT2D eigenvalue weighted by atomic mass is 10.1. The predicted octanol–water partition coefficient (Wildman–Crippen LogP) is 3.17. The van der Waals surface area contributed by atoms with E-state index in [0.29, 0.717) is 12.6 Å². The first-order valence-corrected chi connectivity index (χ1v) is 7.80. The van der Waals surface area contributed by atoms with Gasteiger partial charge in [0.15, 0.2) is 0 Å². The van der Waals surface area contributed by atoms with E-state index in [1.165, 1.54) is 25.7 Å². The summed E-state index contributed by atoms with van der Waals surface area (Å²) in [4.78, 5) is 12.0. The van der Waals surface area contributed by atoms with Crippen LogP contribution in [-0.4, -0.2) is 18.5 Å². The second-order valence-corrected chi connectivity index (χ2v) is 6.54. The fourth-order valence-corrected chi connectivity index (χ4v) is 2.78. The summed E-state index contributed by atoms with van der Waals surface area (Å²) in [5, 5.41) is 6.37. The summed E-state index contributed by atoms with van der Waals surface area (Å²) in [5.41, 5.74) is 0.979. The third kappa shape index (κ3) is 3.72. The lowest BCUT2D eigenvalue weighted by molar-refractivity contribution is -0.120. The Morgan fingerprint density at radius 1 is 1.16 bits per heavy atom. The second kappa shape index (κ2) is 5.53. The van der Waals surface area contributed by atoms with Crippen LogP contribution in [0.3, 0.4) is 0 Å². The average Bonchev–Trinajstić information content (AvgIpc) is 3.29. The zero-order chi connectivity index (χ0) is 13.2. The summed E-state index contributed by atoms with van der Waals surface area (Å²) in [6.45, 7) is 0.359. The third-order valence-electron chi connectivity index (χ3n) is 3.88. The molecule has 19 heavy (non-hydrogen) atoms. The van der Waals surface area contributed by atoms with Crippen LogP contribution in [0.4, 0.5) is 5.69 Å². The number of hydrogen-bond acceptors (Lipinski definition) is 2. The van der Waals surface area contributed by atoms with Crippen molar-refractivity contribution in [2.24, 2.45) is 11.8 Å². The van der Waals surface area contributed by atoms with Gasteiger partial charge in [0.25, 0.3) is 0 Å². The Balaban J connectivity index is 1.46. The van der Waals surface area contributed by atoms with Gasteiger partial charge in [-0.3, -0.25) is 4.79 Å². The molecular weight excluding hydrogens is 304 g/mol. The number of nitrogens with one attached hydrogen (secondary N) is 2. The summed E-state index contributed by atoms with van der Waals surface area (Å²) in [5.74, 6) is 1.62. The van der Waals surface area contributed by atoms with E-state index in [9.17, 15) is 4.79 Å². The van der Waals surface area contributed by atoms with Crippen molar-refractivity contribution in [3.63, 3.8) is 0 Å². The van der Waals surface area contributed by atoms with Gasteiger partial charge in [-0.25, -0.2) is 0 Å². The number of hydrogen-bond donors (Lipinski definition) is 2. The van der Waals surface area contributed by atoms with E-state index in [1.807, 2.05) is 24.3 Å². The Kier molecular flexibility index (Phi) is 3.78. The van der Waals surface area contributed by atoms with E-state index < -0.39 is 0 Å². The highest BCUT2D eigenvalue weighted by atomic mass is 79.9. The first-order chi connectivity index (χ1) is 9.22. The molecule has 0 unspecified atom stereocenters. The van der Waals surface area contributed by atoms with E-state index in [0.717, 1.165) is 22.0 Å². The fourth-order valence-electron chi connectivity index (χ4n) is 2.52. The lowest BCUT2D eigenvalue weighted by Crippen LogP contribution is -2.41. The monoisotopic (exact) mass is 322 g/mol. The Morgan fingerprint density at radius 3 is 2.26 bits per heavy atom. The predicted molar refractivity (Wildman–Crippen MR) is 80.0 cm³/mol. The Morgan fingerprint density at radius 2 is 1.74 bits per heavy atom. The van der Waals surface area contributed by atoms with Crippen LogP contribution in [-0.2, 0) is 4.79 Å². The van der Waals surface area contributed by atoms with E-state index in [2.05, 4.69) is 26.6 Å². The minimum absolute atomic E-state index is 0.117. The average molecular weight is 323 g/mol. The van der Waals surface area contributed by atoms with Crippen LogP contribution in [0.1, 0.15) is 25.7 Å². The normalized spacial score (nSPS) is 18.4. The number of rotatable bonds is 6. The van der Waals surface area contributed by atoms with Crippen LogP contribution in [0, 0.1) is 11.8 Å². The smallest absolute Gasteiger partial charge is 0.239 e. The van der Waals surface area contributed by atoms with Crippen LogP contribution in [0.2, 0.25) is 0 Å². The molecule has 0 spiro atoms. The van der Waals surface area contributed by atoms with Gasteiger partial charge in [-0.15, -0.1) is 0 Å². The molecule has 0 bridgehead atoms. The first-order valence-electron chi connectivity index (χ1n) is 7.01. The summed E-state index contributed by atoms with van der Waals surface area (Å²) in [6.07, 6.45) is 5.17. The van der Waals surface area contributed by atoms with Crippen LogP contribution in [0.25, 0.3) is 0 Å². The summed E-state index contributed by atoms with van der Waals surface area (Å²) < 4.78 is 1.05. The van der Waals surface area contributed by atoms with Crippen molar-refractivity contribution in [3.05, 3.63) is 28.7 Å². The molecule has 2 aliphatic carbocycles. The van der Waals surface area contributed by atoms with Crippen molar-refractivity contribution < 1.29 is 4.79 Å². The molecule has 0 aromatic heterocycles. The van der Waals surface area contributed by atoms with Gasteiger partial charge in [0.05, 0.1) is 6.54 Å². The van der Waals surface area contributed by atoms with Gasteiger partial charge in [-0.1, -0.05) is 15.9 Å². The van der Waals surface area contributed by atoms with Crippen molar-refractivity contribution in [1.29, 1.82) is 0 Å². The van der Waals surface area contributed by atoms with Gasteiger partial charge >= 0.3 is 0 Å². The number of carbonyl (C=O) groups excluding carboxylic acids is 1. The molecule has 0 saturated heterocycles. The molecule has 3 nitrogen and oxygen atoms in total. The van der Waals surface area contributed by atoms with Gasteiger partial charge in [0.2, 0.25) is 5.91 Å². The molecule has 2 saturated carbocycles. The number of halogens is 1. The van der Waals surface area contributed by atoms with E-state index in [4.69, 9.17) is 0 Å². The minimum Gasteiger partial charge on any atom is -0.376 e. The highest BCUT2D eigenvalue weighted by molar-refractivity contribution is 9.10. The van der Waals surface area contributed by atoms with Crippen molar-refractivity contribution in [1.82, 2.24) is 5.32 Å². The fraction of sp³-hybridized carbons (Fsp3) is 0.533. The summed E-state index contributed by atoms with van der Waals surface area (Å²) >= 11 is 3.40. The van der Waals surface area contributed by atoms with Crippen LogP contribution in [0.15, 0.2) is 28.7 Å². The number of benzene rings is 1. The Bertz CT molecular complexity index is 440. The molecule has 1 aromatic carbocycles. The highest BCUT2D eigenvalue weighted by Gasteiger charge is 2.42. The Labute approximate surface area is 122 Å². The van der Waals surface area contributed by atoms with Crippen molar-refractivity contribution in [2.75, 3.05) is 11.9 Å². The van der Waals surface area contributed by atoms with Gasteiger partial charge in [0.1, 0.15) is 0 Å². The quantitative estimate of drug-likeness (QED) is 0.844. The zero-order valence-corrected chi connectivity index (χ0v) is 12.4. The molecule has 102 valence electrons. The molecular formula is C15H19BrN2O. The summed E-state index contributed by atoms with van der Waals surface area (Å²) in [7, 11) is 0. The molecule has 1 amide bonds. The molecule has 0 atom stereocenters. The molecule has 1 aromatic rings. The molecule has 3 rings (SSSR count). The lowest BCUT2D eigenvalue weighted by Gasteiger charge is -2.18. The molecule has 0 radical (unpaired) electrons.